The van der Waals surface area contributed by atoms with Gasteiger partial charge in [-0.05, 0) is 43.0 Å². The number of hydrogen-bond acceptors (Lipinski definition) is 7. The number of nitrogens with one attached hydrogen (secondary N) is 3. The molecule has 1 aromatic rings. The molecule has 34 heavy (non-hydrogen) atoms. The van der Waals surface area contributed by atoms with Crippen LogP contribution < -0.4 is 20.1 Å². The molecule has 0 spiro atoms. The summed E-state index contributed by atoms with van der Waals surface area (Å²) >= 11 is 0. The van der Waals surface area contributed by atoms with E-state index in [1.54, 1.807) is 13.1 Å². The lowest BCUT2D eigenvalue weighted by Gasteiger charge is -2.26. The van der Waals surface area contributed by atoms with Crippen molar-refractivity contribution in [3.8, 4) is 11.5 Å². The van der Waals surface area contributed by atoms with Crippen molar-refractivity contribution >= 4 is 11.6 Å². The summed E-state index contributed by atoms with van der Waals surface area (Å²) in [4.78, 5) is 14.6. The summed E-state index contributed by atoms with van der Waals surface area (Å²) in [6.45, 7) is 4.01. The zero-order chi connectivity index (χ0) is 24.6. The average molecular weight is 485 g/mol. The number of likely N-dealkylation sites (N-methyl/N-ethyl adjacent to an activating group) is 1. The number of rotatable bonds is 12. The van der Waals surface area contributed by atoms with Gasteiger partial charge in [-0.2, -0.15) is 0 Å². The van der Waals surface area contributed by atoms with Crippen molar-refractivity contribution in [1.82, 2.24) is 15.5 Å². The topological polar surface area (TPSA) is 95.9 Å². The molecule has 0 atom stereocenters. The molecule has 2 fully saturated rings. The highest BCUT2D eigenvalue weighted by Crippen LogP contribution is 2.33. The third-order valence-corrected chi connectivity index (χ3v) is 5.50. The highest BCUT2D eigenvalue weighted by atomic mass is 19.4. The van der Waals surface area contributed by atoms with Gasteiger partial charge < -0.3 is 30.3 Å². The number of nitrogens with zero attached hydrogens (tertiary/aromatic N) is 1. The van der Waals surface area contributed by atoms with Gasteiger partial charge in [0, 0.05) is 44.9 Å². The molecule has 1 aromatic carbocycles. The number of ether oxygens (including phenoxy) is 3. The average Bonchev–Trinajstić information content (AvgIpc) is 3.65. The number of carbonyl (C=O) groups is 1. The van der Waals surface area contributed by atoms with Crippen molar-refractivity contribution in [3.63, 3.8) is 0 Å². The largest absolute Gasteiger partial charge is 0.573 e. The summed E-state index contributed by atoms with van der Waals surface area (Å²) in [5, 5.41) is 13.4. The molecule has 8 nitrogen and oxygen atoms in total. The SMILES string of the molecule is CN/C(=C\C(=N)C1CC1)C(=O)NCc1ccc(OCCCN2CCOCC2)c(OC(F)(F)F)c1. The predicted molar refractivity (Wildman–Crippen MR) is 120 cm³/mol. The number of amides is 1. The van der Waals surface area contributed by atoms with Gasteiger partial charge in [0.15, 0.2) is 11.5 Å². The second kappa shape index (κ2) is 12.1. The molecule has 1 heterocycles. The summed E-state index contributed by atoms with van der Waals surface area (Å²) in [6, 6.07) is 4.20. The molecule has 188 valence electrons. The van der Waals surface area contributed by atoms with Crippen LogP contribution in [0.3, 0.4) is 0 Å². The standard InChI is InChI=1S/C23H31F3N4O4/c1-28-19(14-18(27)17-4-5-17)22(31)29-15-16-3-6-20(21(13-16)34-23(24,25)26)33-10-2-7-30-8-11-32-12-9-30/h3,6,13-14,17,27-28H,2,4-5,7-12,15H2,1H3,(H,29,31)/b19-14-,27-18?. The Bertz CT molecular complexity index is 881. The van der Waals surface area contributed by atoms with E-state index in [-0.39, 0.29) is 30.5 Å². The van der Waals surface area contributed by atoms with E-state index in [2.05, 4.69) is 20.3 Å². The van der Waals surface area contributed by atoms with Crippen LogP contribution in [0.25, 0.3) is 0 Å². The molecule has 0 radical (unpaired) electrons. The first-order valence-electron chi connectivity index (χ1n) is 11.3. The number of halogens is 3. The smallest absolute Gasteiger partial charge is 0.490 e. The molecule has 11 heteroatoms. The normalized spacial score (nSPS) is 17.2. The lowest BCUT2D eigenvalue weighted by atomic mass is 10.2. The molecule has 1 amide bonds. The first-order chi connectivity index (χ1) is 16.2. The maximum absolute atomic E-state index is 12.9. The van der Waals surface area contributed by atoms with Crippen molar-refractivity contribution in [1.29, 1.82) is 5.41 Å². The summed E-state index contributed by atoms with van der Waals surface area (Å²) in [5.74, 6) is -0.720. The fourth-order valence-electron chi connectivity index (χ4n) is 3.48. The first-order valence-corrected chi connectivity index (χ1v) is 11.3. The molecule has 0 aromatic heterocycles. The third-order valence-electron chi connectivity index (χ3n) is 5.50. The Kier molecular flexibility index (Phi) is 9.17. The van der Waals surface area contributed by atoms with E-state index in [4.69, 9.17) is 14.9 Å². The van der Waals surface area contributed by atoms with Crippen LogP contribution in [0.1, 0.15) is 24.8 Å². The van der Waals surface area contributed by atoms with Gasteiger partial charge in [0.2, 0.25) is 0 Å². The number of alkyl halides is 3. The Labute approximate surface area is 196 Å². The van der Waals surface area contributed by atoms with Gasteiger partial charge >= 0.3 is 6.36 Å². The van der Waals surface area contributed by atoms with Crippen LogP contribution in [-0.2, 0) is 16.1 Å². The van der Waals surface area contributed by atoms with Crippen LogP contribution in [-0.4, -0.2) is 69.4 Å². The van der Waals surface area contributed by atoms with Gasteiger partial charge in [0.1, 0.15) is 5.70 Å². The van der Waals surface area contributed by atoms with Gasteiger partial charge in [-0.3, -0.25) is 9.69 Å². The molecule has 3 N–H and O–H groups in total. The second-order valence-electron chi connectivity index (χ2n) is 8.21. The summed E-state index contributed by atoms with van der Waals surface area (Å²) in [6.07, 6.45) is -0.856. The molecule has 1 aliphatic heterocycles. The predicted octanol–water partition coefficient (Wildman–Crippen LogP) is 2.84. The van der Waals surface area contributed by atoms with Crippen molar-refractivity contribution in [2.45, 2.75) is 32.2 Å². The Hall–Kier alpha value is -2.79. The minimum Gasteiger partial charge on any atom is -0.490 e. The summed E-state index contributed by atoms with van der Waals surface area (Å²) < 4.78 is 53.8. The number of carbonyl (C=O) groups excluding carboxylic acids is 1. The van der Waals surface area contributed by atoms with Gasteiger partial charge in [0.25, 0.3) is 5.91 Å². The van der Waals surface area contributed by atoms with Crippen LogP contribution in [0.5, 0.6) is 11.5 Å². The Morgan fingerprint density at radius 1 is 1.26 bits per heavy atom. The van der Waals surface area contributed by atoms with Crippen molar-refractivity contribution in [3.05, 3.63) is 35.5 Å². The van der Waals surface area contributed by atoms with Crippen molar-refractivity contribution < 1.29 is 32.2 Å². The van der Waals surface area contributed by atoms with Crippen LogP contribution in [0.4, 0.5) is 13.2 Å². The Balaban J connectivity index is 1.57. The van der Waals surface area contributed by atoms with Gasteiger partial charge in [-0.1, -0.05) is 6.07 Å². The highest BCUT2D eigenvalue weighted by molar-refractivity contribution is 6.04. The molecule has 2 aliphatic rings. The molecule has 3 rings (SSSR count). The van der Waals surface area contributed by atoms with Crippen LogP contribution in [0, 0.1) is 11.3 Å². The fraction of sp³-hybridized carbons (Fsp3) is 0.565. The maximum Gasteiger partial charge on any atom is 0.573 e. The quantitative estimate of drug-likeness (QED) is 0.240. The zero-order valence-corrected chi connectivity index (χ0v) is 19.2. The minimum absolute atomic E-state index is 0.0110. The van der Waals surface area contributed by atoms with Crippen molar-refractivity contribution in [2.75, 3.05) is 46.5 Å². The number of allylic oxidation sites excluding steroid dienone is 1. The van der Waals surface area contributed by atoms with Crippen LogP contribution in [0.2, 0.25) is 0 Å². The number of morpholine rings is 1. The third kappa shape index (κ3) is 8.53. The number of benzene rings is 1. The van der Waals surface area contributed by atoms with E-state index in [9.17, 15) is 18.0 Å². The Morgan fingerprint density at radius 2 is 2.00 bits per heavy atom. The lowest BCUT2D eigenvalue weighted by molar-refractivity contribution is -0.275. The Morgan fingerprint density at radius 3 is 2.65 bits per heavy atom. The molecule has 1 saturated carbocycles. The molecular formula is C23H31F3N4O4. The molecule has 1 saturated heterocycles. The van der Waals surface area contributed by atoms with Crippen LogP contribution in [0.15, 0.2) is 30.0 Å². The van der Waals surface area contributed by atoms with Crippen LogP contribution >= 0.6 is 0 Å². The van der Waals surface area contributed by atoms with E-state index >= 15 is 0 Å². The monoisotopic (exact) mass is 484 g/mol. The minimum atomic E-state index is -4.88. The first kappa shape index (κ1) is 25.8. The molecular weight excluding hydrogens is 453 g/mol. The van der Waals surface area contributed by atoms with Crippen molar-refractivity contribution in [2.24, 2.45) is 5.92 Å². The molecule has 0 unspecified atom stereocenters. The second-order valence-corrected chi connectivity index (χ2v) is 8.21. The van der Waals surface area contributed by atoms with Gasteiger partial charge in [0.05, 0.1) is 19.8 Å². The van der Waals surface area contributed by atoms with E-state index in [0.29, 0.717) is 30.9 Å². The van der Waals surface area contributed by atoms with E-state index in [1.807, 2.05) is 0 Å². The summed E-state index contributed by atoms with van der Waals surface area (Å²) in [7, 11) is 1.58. The van der Waals surface area contributed by atoms with E-state index < -0.39 is 18.0 Å². The highest BCUT2D eigenvalue weighted by Gasteiger charge is 2.32. The van der Waals surface area contributed by atoms with E-state index in [1.165, 1.54) is 18.2 Å². The van der Waals surface area contributed by atoms with Gasteiger partial charge in [-0.15, -0.1) is 13.2 Å². The molecule has 1 aliphatic carbocycles. The van der Waals surface area contributed by atoms with Gasteiger partial charge in [-0.25, -0.2) is 0 Å². The molecule has 0 bridgehead atoms. The van der Waals surface area contributed by atoms with E-state index in [0.717, 1.165) is 32.5 Å². The maximum atomic E-state index is 12.9. The lowest BCUT2D eigenvalue weighted by Crippen LogP contribution is -2.37. The number of hydrogen-bond donors (Lipinski definition) is 3. The summed E-state index contributed by atoms with van der Waals surface area (Å²) in [5.41, 5.74) is 1.03. The zero-order valence-electron chi connectivity index (χ0n) is 19.2. The fourth-order valence-corrected chi connectivity index (χ4v) is 3.48.